The highest BCUT2D eigenvalue weighted by Gasteiger charge is 2.18. The van der Waals surface area contributed by atoms with Crippen LogP contribution in [0.4, 0.5) is 4.39 Å². The quantitative estimate of drug-likeness (QED) is 0.851. The molecular weight excluding hydrogens is 231 g/mol. The van der Waals surface area contributed by atoms with Gasteiger partial charge in [-0.1, -0.05) is 17.7 Å². The highest BCUT2D eigenvalue weighted by molar-refractivity contribution is 6.31. The predicted molar refractivity (Wildman–Crippen MR) is 61.6 cm³/mol. The first kappa shape index (κ1) is 12.9. The largest absolute Gasteiger partial charge is 0.368 e. The summed E-state index contributed by atoms with van der Waals surface area (Å²) >= 11 is 5.89. The third-order valence-electron chi connectivity index (χ3n) is 2.36. The Balaban J connectivity index is 2.88. The van der Waals surface area contributed by atoms with Crippen LogP contribution in [0.1, 0.15) is 25.5 Å². The average Bonchev–Trinajstić information content (AvgIpc) is 2.16. The second-order valence-corrected chi connectivity index (χ2v) is 4.05. The lowest BCUT2D eigenvalue weighted by atomic mass is 10.1. The van der Waals surface area contributed by atoms with Crippen LogP contribution in [0.5, 0.6) is 0 Å². The van der Waals surface area contributed by atoms with Crippen LogP contribution < -0.4 is 11.1 Å². The van der Waals surface area contributed by atoms with Crippen molar-refractivity contribution in [1.29, 1.82) is 0 Å². The highest BCUT2D eigenvalue weighted by atomic mass is 35.5. The Morgan fingerprint density at radius 3 is 2.62 bits per heavy atom. The van der Waals surface area contributed by atoms with E-state index in [0.29, 0.717) is 10.6 Å². The van der Waals surface area contributed by atoms with E-state index in [4.69, 9.17) is 17.3 Å². The van der Waals surface area contributed by atoms with Gasteiger partial charge in [-0.3, -0.25) is 10.1 Å². The molecule has 1 aromatic rings. The molecule has 0 saturated heterocycles. The minimum Gasteiger partial charge on any atom is -0.368 e. The van der Waals surface area contributed by atoms with Gasteiger partial charge in [0.05, 0.1) is 6.04 Å². The molecule has 1 amide bonds. The van der Waals surface area contributed by atoms with E-state index >= 15 is 0 Å². The van der Waals surface area contributed by atoms with Crippen LogP contribution in [-0.4, -0.2) is 11.9 Å². The van der Waals surface area contributed by atoms with Crippen LogP contribution in [0.3, 0.4) is 0 Å². The van der Waals surface area contributed by atoms with Crippen molar-refractivity contribution < 1.29 is 9.18 Å². The van der Waals surface area contributed by atoms with Crippen LogP contribution in [0.25, 0.3) is 0 Å². The molecule has 0 spiro atoms. The van der Waals surface area contributed by atoms with Crippen molar-refractivity contribution in [2.24, 2.45) is 5.73 Å². The summed E-state index contributed by atoms with van der Waals surface area (Å²) in [4.78, 5) is 10.9. The zero-order chi connectivity index (χ0) is 12.3. The first-order valence-corrected chi connectivity index (χ1v) is 5.30. The summed E-state index contributed by atoms with van der Waals surface area (Å²) in [6.45, 7) is 3.34. The standard InChI is InChI=1S/C11H14ClFN2O/c1-6(15-7(2)11(14)16)10-8(12)4-3-5-9(10)13/h3-7,15H,1-2H3,(H2,14,16). The van der Waals surface area contributed by atoms with Gasteiger partial charge in [0.15, 0.2) is 0 Å². The van der Waals surface area contributed by atoms with E-state index in [1.54, 1.807) is 19.9 Å². The highest BCUT2D eigenvalue weighted by Crippen LogP contribution is 2.25. The average molecular weight is 245 g/mol. The Labute approximate surface area is 98.8 Å². The number of primary amides is 1. The molecule has 2 unspecified atom stereocenters. The number of hydrogen-bond donors (Lipinski definition) is 2. The molecule has 2 atom stereocenters. The van der Waals surface area contributed by atoms with E-state index in [1.807, 2.05) is 0 Å². The van der Waals surface area contributed by atoms with E-state index in [0.717, 1.165) is 0 Å². The number of carbonyl (C=O) groups excluding carboxylic acids is 1. The molecule has 5 heteroatoms. The minimum atomic E-state index is -0.536. The van der Waals surface area contributed by atoms with Gasteiger partial charge in [0, 0.05) is 16.6 Å². The van der Waals surface area contributed by atoms with Gasteiger partial charge < -0.3 is 5.73 Å². The Bertz CT molecular complexity index is 377. The van der Waals surface area contributed by atoms with Crippen LogP contribution in [0.2, 0.25) is 5.02 Å². The lowest BCUT2D eigenvalue weighted by Crippen LogP contribution is -2.40. The monoisotopic (exact) mass is 244 g/mol. The van der Waals surface area contributed by atoms with Crippen molar-refractivity contribution in [2.75, 3.05) is 0 Å². The van der Waals surface area contributed by atoms with Gasteiger partial charge in [-0.05, 0) is 26.0 Å². The fraction of sp³-hybridized carbons (Fsp3) is 0.364. The molecule has 0 bridgehead atoms. The second-order valence-electron chi connectivity index (χ2n) is 3.65. The maximum Gasteiger partial charge on any atom is 0.234 e. The molecule has 16 heavy (non-hydrogen) atoms. The predicted octanol–water partition coefficient (Wildman–Crippen LogP) is 2.00. The van der Waals surface area contributed by atoms with Gasteiger partial charge in [-0.2, -0.15) is 0 Å². The molecular formula is C11H14ClFN2O. The van der Waals surface area contributed by atoms with Gasteiger partial charge in [-0.15, -0.1) is 0 Å². The maximum atomic E-state index is 13.5. The molecule has 1 rings (SSSR count). The molecule has 0 radical (unpaired) electrons. The van der Waals surface area contributed by atoms with Crippen LogP contribution in [0.15, 0.2) is 18.2 Å². The van der Waals surface area contributed by atoms with Gasteiger partial charge in [0.1, 0.15) is 5.82 Å². The molecule has 0 heterocycles. The summed E-state index contributed by atoms with van der Waals surface area (Å²) in [5, 5.41) is 3.21. The zero-order valence-electron chi connectivity index (χ0n) is 9.13. The number of nitrogens with two attached hydrogens (primary N) is 1. The van der Waals surface area contributed by atoms with Crippen molar-refractivity contribution in [3.05, 3.63) is 34.6 Å². The van der Waals surface area contributed by atoms with Crippen molar-refractivity contribution in [2.45, 2.75) is 25.9 Å². The Hall–Kier alpha value is -1.13. The summed E-state index contributed by atoms with van der Waals surface area (Å²) < 4.78 is 13.5. The zero-order valence-corrected chi connectivity index (χ0v) is 9.88. The van der Waals surface area contributed by atoms with E-state index in [-0.39, 0.29) is 6.04 Å². The number of nitrogens with one attached hydrogen (secondary N) is 1. The minimum absolute atomic E-state index is 0.330. The maximum absolute atomic E-state index is 13.5. The molecule has 0 saturated carbocycles. The molecule has 0 aliphatic heterocycles. The van der Waals surface area contributed by atoms with Crippen molar-refractivity contribution in [1.82, 2.24) is 5.32 Å². The van der Waals surface area contributed by atoms with Crippen molar-refractivity contribution in [3.63, 3.8) is 0 Å². The summed E-state index contributed by atoms with van der Waals surface area (Å²) in [6.07, 6.45) is 0. The van der Waals surface area contributed by atoms with Gasteiger partial charge in [-0.25, -0.2) is 4.39 Å². The van der Waals surface area contributed by atoms with Crippen molar-refractivity contribution in [3.8, 4) is 0 Å². The number of benzene rings is 1. The number of carbonyl (C=O) groups is 1. The smallest absolute Gasteiger partial charge is 0.234 e. The van der Waals surface area contributed by atoms with Gasteiger partial charge in [0.2, 0.25) is 5.91 Å². The second kappa shape index (κ2) is 5.27. The normalized spacial score (nSPS) is 14.5. The SMILES string of the molecule is CC(NC(C)c1c(F)cccc1Cl)C(N)=O. The lowest BCUT2D eigenvalue weighted by Gasteiger charge is -2.19. The molecule has 88 valence electrons. The topological polar surface area (TPSA) is 55.1 Å². The lowest BCUT2D eigenvalue weighted by molar-refractivity contribution is -0.119. The number of halogens is 2. The molecule has 3 nitrogen and oxygen atoms in total. The fourth-order valence-electron chi connectivity index (χ4n) is 1.46. The van der Waals surface area contributed by atoms with Gasteiger partial charge in [0.25, 0.3) is 0 Å². The summed E-state index contributed by atoms with van der Waals surface area (Å²) in [5.41, 5.74) is 5.45. The Morgan fingerprint density at radius 2 is 2.12 bits per heavy atom. The molecule has 0 aliphatic rings. The third-order valence-corrected chi connectivity index (χ3v) is 2.69. The van der Waals surface area contributed by atoms with Crippen LogP contribution >= 0.6 is 11.6 Å². The number of amides is 1. The molecule has 0 aromatic heterocycles. The van der Waals surface area contributed by atoms with Crippen LogP contribution in [0, 0.1) is 5.82 Å². The summed E-state index contributed by atoms with van der Waals surface area (Å²) in [6, 6.07) is 3.55. The first-order valence-electron chi connectivity index (χ1n) is 4.92. The number of rotatable bonds is 4. The number of hydrogen-bond acceptors (Lipinski definition) is 2. The van der Waals surface area contributed by atoms with Gasteiger partial charge >= 0.3 is 0 Å². The van der Waals surface area contributed by atoms with E-state index in [1.165, 1.54) is 12.1 Å². The van der Waals surface area contributed by atoms with E-state index < -0.39 is 17.8 Å². The molecule has 3 N–H and O–H groups in total. The fourth-order valence-corrected chi connectivity index (χ4v) is 1.79. The van der Waals surface area contributed by atoms with Crippen molar-refractivity contribution >= 4 is 17.5 Å². The van der Waals surface area contributed by atoms with E-state index in [2.05, 4.69) is 5.32 Å². The molecule has 0 fully saturated rings. The van der Waals surface area contributed by atoms with E-state index in [9.17, 15) is 9.18 Å². The Kier molecular flexibility index (Phi) is 4.26. The molecule has 1 aromatic carbocycles. The summed E-state index contributed by atoms with van der Waals surface area (Å²) in [7, 11) is 0. The summed E-state index contributed by atoms with van der Waals surface area (Å²) in [5.74, 6) is -0.886. The van der Waals surface area contributed by atoms with Crippen LogP contribution in [-0.2, 0) is 4.79 Å². The first-order chi connectivity index (χ1) is 7.43. The Morgan fingerprint density at radius 1 is 1.50 bits per heavy atom. The molecule has 0 aliphatic carbocycles. The third kappa shape index (κ3) is 2.93.